The Morgan fingerprint density at radius 3 is 2.09 bits per heavy atom. The summed E-state index contributed by atoms with van der Waals surface area (Å²) in [4.78, 5) is 88.4. The normalized spacial score (nSPS) is 17.0. The summed E-state index contributed by atoms with van der Waals surface area (Å²) in [7, 11) is 0. The molecule has 5 N–H and O–H groups in total. The van der Waals surface area contributed by atoms with Crippen LogP contribution in [-0.4, -0.2) is 98.9 Å². The van der Waals surface area contributed by atoms with Crippen LogP contribution in [0.25, 0.3) is 0 Å². The van der Waals surface area contributed by atoms with Crippen LogP contribution in [0, 0.1) is 5.92 Å². The van der Waals surface area contributed by atoms with E-state index in [9.17, 15) is 33.6 Å². The summed E-state index contributed by atoms with van der Waals surface area (Å²) in [5.74, 6) is -15.0. The van der Waals surface area contributed by atoms with E-state index >= 15 is 8.78 Å². The van der Waals surface area contributed by atoms with Crippen molar-refractivity contribution in [1.82, 2.24) is 20.9 Å². The summed E-state index contributed by atoms with van der Waals surface area (Å²) >= 11 is 0. The van der Waals surface area contributed by atoms with Gasteiger partial charge in [-0.05, 0) is 45.1 Å². The van der Waals surface area contributed by atoms with Crippen LogP contribution in [0.2, 0.25) is 0 Å². The molecule has 1 fully saturated rings. The maximum atomic E-state index is 15.2. The van der Waals surface area contributed by atoms with Crippen molar-refractivity contribution in [3.63, 3.8) is 0 Å². The van der Waals surface area contributed by atoms with E-state index in [0.29, 0.717) is 12.0 Å². The average molecular weight is 655 g/mol. The molecule has 1 aromatic rings. The molecule has 1 saturated heterocycles. The van der Waals surface area contributed by atoms with Crippen LogP contribution in [0.1, 0.15) is 59.4 Å². The zero-order valence-corrected chi connectivity index (χ0v) is 26.2. The molecule has 1 aromatic carbocycles. The first-order valence-corrected chi connectivity index (χ1v) is 14.6. The summed E-state index contributed by atoms with van der Waals surface area (Å²) in [5.41, 5.74) is -0.526. The quantitative estimate of drug-likeness (QED) is 0.183. The van der Waals surface area contributed by atoms with Crippen molar-refractivity contribution >= 4 is 41.5 Å². The largest absolute Gasteiger partial charge is 0.481 e. The molecule has 0 saturated carbocycles. The number of carbonyl (C=O) groups is 7. The SMILES string of the molecule is CC(C)[C@H](NC(=O)OC(C)(C)C)C(=O)N1CCC[C@H]1C(=O)NC(Cc1ccccc1)C(=O)C(F)(F)C(=O)NC(CC(=O)O)C(=O)O. The lowest BCUT2D eigenvalue weighted by molar-refractivity contribution is -0.162. The minimum absolute atomic E-state index is 0.0894. The Morgan fingerprint density at radius 2 is 1.57 bits per heavy atom. The Morgan fingerprint density at radius 1 is 0.957 bits per heavy atom. The van der Waals surface area contributed by atoms with Gasteiger partial charge in [-0.25, -0.2) is 9.59 Å². The first-order chi connectivity index (χ1) is 21.2. The number of carboxylic acid groups (broad SMARTS) is 2. The van der Waals surface area contributed by atoms with E-state index in [0.717, 1.165) is 0 Å². The first-order valence-electron chi connectivity index (χ1n) is 14.6. The number of nitrogens with zero attached hydrogens (tertiary/aromatic N) is 1. The lowest BCUT2D eigenvalue weighted by Gasteiger charge is -2.32. The van der Waals surface area contributed by atoms with Crippen LogP contribution in [0.5, 0.6) is 0 Å². The third-order valence-electron chi connectivity index (χ3n) is 6.94. The van der Waals surface area contributed by atoms with Gasteiger partial charge in [0.2, 0.25) is 17.6 Å². The molecule has 4 atom stereocenters. The molecule has 254 valence electrons. The third kappa shape index (κ3) is 10.5. The third-order valence-corrected chi connectivity index (χ3v) is 6.94. The van der Waals surface area contributed by atoms with E-state index in [-0.39, 0.29) is 13.0 Å². The summed E-state index contributed by atoms with van der Waals surface area (Å²) < 4.78 is 35.7. The fourth-order valence-corrected chi connectivity index (χ4v) is 4.71. The zero-order chi connectivity index (χ0) is 35.0. The van der Waals surface area contributed by atoms with E-state index in [4.69, 9.17) is 14.9 Å². The van der Waals surface area contributed by atoms with Crippen molar-refractivity contribution < 1.29 is 57.3 Å². The Hall–Kier alpha value is -4.63. The number of ketones is 1. The number of hydrogen-bond acceptors (Lipinski definition) is 8. The van der Waals surface area contributed by atoms with E-state index in [2.05, 4.69) is 10.6 Å². The van der Waals surface area contributed by atoms with E-state index in [1.54, 1.807) is 52.8 Å². The minimum Gasteiger partial charge on any atom is -0.481 e. The summed E-state index contributed by atoms with van der Waals surface area (Å²) in [6, 6.07) is 1.10. The van der Waals surface area contributed by atoms with Crippen molar-refractivity contribution in [2.75, 3.05) is 6.54 Å². The molecule has 0 radical (unpaired) electrons. The number of carboxylic acids is 2. The van der Waals surface area contributed by atoms with Gasteiger partial charge in [0, 0.05) is 13.0 Å². The molecule has 0 bridgehead atoms. The van der Waals surface area contributed by atoms with E-state index < -0.39 is 96.0 Å². The summed E-state index contributed by atoms with van der Waals surface area (Å²) in [6.07, 6.45) is -2.14. The zero-order valence-electron chi connectivity index (χ0n) is 26.2. The average Bonchev–Trinajstić information content (AvgIpc) is 3.44. The molecule has 1 heterocycles. The van der Waals surface area contributed by atoms with Crippen molar-refractivity contribution in [3.05, 3.63) is 35.9 Å². The monoisotopic (exact) mass is 654 g/mol. The highest BCUT2D eigenvalue weighted by Crippen LogP contribution is 2.24. The molecular weight excluding hydrogens is 614 g/mol. The number of carbonyl (C=O) groups excluding carboxylic acids is 5. The number of alkyl carbamates (subject to hydrolysis) is 1. The molecule has 0 spiro atoms. The van der Waals surface area contributed by atoms with Crippen molar-refractivity contribution in [3.8, 4) is 0 Å². The number of Topliss-reactive ketones (excluding diaryl/α,β-unsaturated/α-hetero) is 1. The molecule has 16 heteroatoms. The van der Waals surface area contributed by atoms with Crippen LogP contribution < -0.4 is 16.0 Å². The van der Waals surface area contributed by atoms with Crippen LogP contribution in [-0.2, 0) is 39.9 Å². The Labute approximate surface area is 264 Å². The smallest absolute Gasteiger partial charge is 0.408 e. The number of amides is 4. The lowest BCUT2D eigenvalue weighted by atomic mass is 9.97. The highest BCUT2D eigenvalue weighted by molar-refractivity contribution is 6.11. The van der Waals surface area contributed by atoms with Gasteiger partial charge in [0.1, 0.15) is 23.7 Å². The number of alkyl halides is 2. The maximum absolute atomic E-state index is 15.2. The van der Waals surface area contributed by atoms with Crippen LogP contribution in [0.3, 0.4) is 0 Å². The predicted octanol–water partition coefficient (Wildman–Crippen LogP) is 1.50. The fourth-order valence-electron chi connectivity index (χ4n) is 4.71. The first kappa shape index (κ1) is 37.6. The van der Waals surface area contributed by atoms with Gasteiger partial charge in [0.25, 0.3) is 5.91 Å². The van der Waals surface area contributed by atoms with Gasteiger partial charge in [0.15, 0.2) is 0 Å². The van der Waals surface area contributed by atoms with E-state index in [1.807, 2.05) is 0 Å². The molecule has 2 unspecified atom stereocenters. The number of aliphatic carboxylic acids is 2. The molecule has 2 rings (SSSR count). The van der Waals surface area contributed by atoms with Crippen molar-refractivity contribution in [1.29, 1.82) is 0 Å². The topological polar surface area (TPSA) is 209 Å². The Bertz CT molecular complexity index is 1320. The standard InChI is InChI=1S/C30H40F2N4O10/c1-16(2)22(35-28(45)46-29(3,4)5)25(41)36-13-9-12-20(36)24(40)33-18(14-17-10-7-6-8-11-17)23(39)30(31,32)27(44)34-19(26(42)43)15-21(37)38/h6-8,10-11,16,18-20,22H,9,12-15H2,1-5H3,(H,33,40)(H,34,44)(H,35,45)(H,37,38)(H,42,43)/t18?,19?,20-,22-/m0/s1. The van der Waals surface area contributed by atoms with Crippen molar-refractivity contribution in [2.24, 2.45) is 5.92 Å². The van der Waals surface area contributed by atoms with Crippen LogP contribution >= 0.6 is 0 Å². The fraction of sp³-hybridized carbons (Fsp3) is 0.567. The molecule has 46 heavy (non-hydrogen) atoms. The number of rotatable bonds is 14. The molecule has 4 amide bonds. The Balaban J connectivity index is 2.32. The maximum Gasteiger partial charge on any atom is 0.408 e. The van der Waals surface area contributed by atoms with Gasteiger partial charge in [-0.2, -0.15) is 8.78 Å². The number of likely N-dealkylation sites (tertiary alicyclic amines) is 1. The van der Waals surface area contributed by atoms with Gasteiger partial charge < -0.3 is 35.8 Å². The Kier molecular flexibility index (Phi) is 12.7. The molecule has 1 aliphatic heterocycles. The predicted molar refractivity (Wildman–Crippen MR) is 157 cm³/mol. The van der Waals surface area contributed by atoms with Crippen molar-refractivity contribution in [2.45, 2.75) is 96.0 Å². The van der Waals surface area contributed by atoms with Crippen LogP contribution in [0.15, 0.2) is 30.3 Å². The lowest BCUT2D eigenvalue weighted by Crippen LogP contribution is -2.60. The summed E-state index contributed by atoms with van der Waals surface area (Å²) in [6.45, 7) is 8.34. The second-order valence-corrected chi connectivity index (χ2v) is 12.2. The molecule has 0 aliphatic carbocycles. The number of hydrogen-bond donors (Lipinski definition) is 5. The highest BCUT2D eigenvalue weighted by atomic mass is 19.3. The number of nitrogens with one attached hydrogen (secondary N) is 3. The van der Waals surface area contributed by atoms with Crippen LogP contribution in [0.4, 0.5) is 13.6 Å². The van der Waals surface area contributed by atoms with Gasteiger partial charge >= 0.3 is 24.0 Å². The molecule has 0 aromatic heterocycles. The highest BCUT2D eigenvalue weighted by Gasteiger charge is 2.52. The minimum atomic E-state index is -4.88. The molecule has 1 aliphatic rings. The van der Waals surface area contributed by atoms with Gasteiger partial charge in [0.05, 0.1) is 12.5 Å². The van der Waals surface area contributed by atoms with Gasteiger partial charge in [-0.3, -0.25) is 24.0 Å². The van der Waals surface area contributed by atoms with Gasteiger partial charge in [-0.1, -0.05) is 44.2 Å². The van der Waals surface area contributed by atoms with E-state index in [1.165, 1.54) is 22.3 Å². The number of halogens is 2. The molecule has 14 nitrogen and oxygen atoms in total. The van der Waals surface area contributed by atoms with Gasteiger partial charge in [-0.15, -0.1) is 0 Å². The number of benzene rings is 1. The second kappa shape index (κ2) is 15.6. The number of ether oxygens (including phenoxy) is 1. The molecular formula is C30H40F2N4O10. The second-order valence-electron chi connectivity index (χ2n) is 12.2. The summed E-state index contributed by atoms with van der Waals surface area (Å²) in [5, 5.41) is 24.1.